The van der Waals surface area contributed by atoms with Crippen molar-refractivity contribution in [2.75, 3.05) is 0 Å². The molecule has 3 aromatic rings. The van der Waals surface area contributed by atoms with Crippen LogP contribution in [0, 0.1) is 6.92 Å². The van der Waals surface area contributed by atoms with Crippen molar-refractivity contribution in [3.05, 3.63) is 71.1 Å². The summed E-state index contributed by atoms with van der Waals surface area (Å²) in [6.07, 6.45) is 0.602. The number of nitrogens with zero attached hydrogens (tertiary/aromatic N) is 3. The average Bonchev–Trinajstić information content (AvgIpc) is 3.10. The van der Waals surface area contributed by atoms with E-state index in [1.807, 2.05) is 54.3 Å². The Bertz CT molecular complexity index is 933. The monoisotopic (exact) mass is 348 g/mol. The van der Waals surface area contributed by atoms with Crippen LogP contribution in [-0.4, -0.2) is 27.0 Å². The van der Waals surface area contributed by atoms with Gasteiger partial charge in [-0.2, -0.15) is 4.98 Å². The summed E-state index contributed by atoms with van der Waals surface area (Å²) < 4.78 is 5.41. The zero-order valence-electron chi connectivity index (χ0n) is 14.6. The van der Waals surface area contributed by atoms with E-state index in [9.17, 15) is 4.79 Å². The van der Waals surface area contributed by atoms with E-state index in [1.165, 1.54) is 16.7 Å². The molecule has 0 saturated carbocycles. The van der Waals surface area contributed by atoms with Crippen molar-refractivity contribution in [1.82, 2.24) is 15.0 Å². The number of primary amides is 1. The number of hydrogen-bond acceptors (Lipinski definition) is 5. The highest BCUT2D eigenvalue weighted by molar-refractivity contribution is 5.80. The first-order chi connectivity index (χ1) is 12.6. The summed E-state index contributed by atoms with van der Waals surface area (Å²) in [6.45, 7) is 3.05. The number of carbonyl (C=O) groups excluding carboxylic acids is 1. The number of fused-ring (bicyclic) bond motifs is 1. The molecule has 132 valence electrons. The average molecular weight is 348 g/mol. The van der Waals surface area contributed by atoms with E-state index >= 15 is 0 Å². The molecule has 2 N–H and O–H groups in total. The zero-order valence-corrected chi connectivity index (χ0v) is 14.6. The number of aryl methyl sites for hydroxylation is 1. The first kappa shape index (κ1) is 16.5. The molecule has 4 rings (SSSR count). The number of rotatable bonds is 4. The molecule has 26 heavy (non-hydrogen) atoms. The highest BCUT2D eigenvalue weighted by atomic mass is 16.5. The van der Waals surface area contributed by atoms with Crippen LogP contribution in [0.3, 0.4) is 0 Å². The van der Waals surface area contributed by atoms with Crippen LogP contribution < -0.4 is 5.73 Å². The molecule has 6 heteroatoms. The quantitative estimate of drug-likeness (QED) is 0.783. The van der Waals surface area contributed by atoms with Crippen molar-refractivity contribution in [1.29, 1.82) is 0 Å². The molecule has 6 nitrogen and oxygen atoms in total. The minimum absolute atomic E-state index is 0.335. The third-order valence-corrected chi connectivity index (χ3v) is 4.79. The Balaban J connectivity index is 1.56. The molecule has 0 bridgehead atoms. The second-order valence-electron chi connectivity index (χ2n) is 6.67. The summed E-state index contributed by atoms with van der Waals surface area (Å²) in [4.78, 5) is 18.4. The van der Waals surface area contributed by atoms with Crippen LogP contribution in [0.15, 0.2) is 53.1 Å². The Hall–Kier alpha value is -2.99. The van der Waals surface area contributed by atoms with Crippen molar-refractivity contribution in [3.63, 3.8) is 0 Å². The first-order valence-corrected chi connectivity index (χ1v) is 8.60. The molecule has 1 aliphatic rings. The van der Waals surface area contributed by atoms with Gasteiger partial charge in [0.2, 0.25) is 17.6 Å². The highest BCUT2D eigenvalue weighted by Gasteiger charge is 2.31. The van der Waals surface area contributed by atoms with Gasteiger partial charge >= 0.3 is 0 Å². The Labute approximate surface area is 151 Å². The van der Waals surface area contributed by atoms with Gasteiger partial charge < -0.3 is 10.3 Å². The summed E-state index contributed by atoms with van der Waals surface area (Å²) in [5, 5.41) is 4.07. The highest BCUT2D eigenvalue weighted by Crippen LogP contribution is 2.25. The van der Waals surface area contributed by atoms with Crippen molar-refractivity contribution in [2.24, 2.45) is 5.73 Å². The van der Waals surface area contributed by atoms with Gasteiger partial charge in [0.1, 0.15) is 0 Å². The Morgan fingerprint density at radius 3 is 2.65 bits per heavy atom. The van der Waals surface area contributed by atoms with Crippen LogP contribution in [0.5, 0.6) is 0 Å². The standard InChI is InChI=1S/C20H20N4O2/c1-13-6-8-14(9-7-13)20-22-18(26-23-20)12-24-11-16-5-3-2-4-15(16)10-17(24)19(21)25/h2-9,17H,10-12H2,1H3,(H2,21,25)/t17-/m1/s1. The normalized spacial score (nSPS) is 17.0. The summed E-state index contributed by atoms with van der Waals surface area (Å²) in [7, 11) is 0. The Morgan fingerprint density at radius 1 is 1.19 bits per heavy atom. The lowest BCUT2D eigenvalue weighted by Gasteiger charge is -2.33. The molecule has 0 spiro atoms. The molecule has 1 aromatic heterocycles. The molecule has 2 aromatic carbocycles. The zero-order chi connectivity index (χ0) is 18.1. The first-order valence-electron chi connectivity index (χ1n) is 8.60. The molecule has 1 aliphatic heterocycles. The van der Waals surface area contributed by atoms with Gasteiger partial charge in [0, 0.05) is 12.1 Å². The van der Waals surface area contributed by atoms with E-state index in [1.54, 1.807) is 0 Å². The minimum atomic E-state index is -0.375. The van der Waals surface area contributed by atoms with Crippen LogP contribution in [0.25, 0.3) is 11.4 Å². The minimum Gasteiger partial charge on any atom is -0.368 e. The second-order valence-corrected chi connectivity index (χ2v) is 6.67. The second kappa shape index (κ2) is 6.72. The Kier molecular flexibility index (Phi) is 4.26. The topological polar surface area (TPSA) is 85.3 Å². The predicted molar refractivity (Wildman–Crippen MR) is 96.8 cm³/mol. The fraction of sp³-hybridized carbons (Fsp3) is 0.250. The van der Waals surface area contributed by atoms with Crippen molar-refractivity contribution >= 4 is 5.91 Å². The molecule has 2 heterocycles. The van der Waals surface area contributed by atoms with Gasteiger partial charge in [0.25, 0.3) is 0 Å². The van der Waals surface area contributed by atoms with Gasteiger partial charge in [-0.3, -0.25) is 9.69 Å². The van der Waals surface area contributed by atoms with E-state index in [0.29, 0.717) is 31.2 Å². The summed E-state index contributed by atoms with van der Waals surface area (Å²) in [6, 6.07) is 15.7. The smallest absolute Gasteiger partial charge is 0.241 e. The van der Waals surface area contributed by atoms with Gasteiger partial charge in [-0.05, 0) is 24.5 Å². The molecular formula is C20H20N4O2. The molecule has 1 atom stereocenters. The van der Waals surface area contributed by atoms with E-state index in [4.69, 9.17) is 10.3 Å². The number of hydrogen-bond donors (Lipinski definition) is 1. The SMILES string of the molecule is Cc1ccc(-c2noc(CN3Cc4ccccc4C[C@@H]3C(N)=O)n2)cc1. The lowest BCUT2D eigenvalue weighted by atomic mass is 9.93. The number of benzene rings is 2. The van der Waals surface area contributed by atoms with Crippen molar-refractivity contribution < 1.29 is 9.32 Å². The van der Waals surface area contributed by atoms with Crippen LogP contribution in [0.2, 0.25) is 0 Å². The molecule has 0 aliphatic carbocycles. The van der Waals surface area contributed by atoms with Crippen LogP contribution in [0.4, 0.5) is 0 Å². The number of carbonyl (C=O) groups is 1. The predicted octanol–water partition coefficient (Wildman–Crippen LogP) is 2.46. The van der Waals surface area contributed by atoms with Crippen molar-refractivity contribution in [3.8, 4) is 11.4 Å². The van der Waals surface area contributed by atoms with Gasteiger partial charge in [-0.15, -0.1) is 0 Å². The third kappa shape index (κ3) is 3.23. The summed E-state index contributed by atoms with van der Waals surface area (Å²) in [5.74, 6) is 0.692. The fourth-order valence-electron chi connectivity index (χ4n) is 3.34. The molecule has 0 unspecified atom stereocenters. The summed E-state index contributed by atoms with van der Waals surface area (Å²) in [5.41, 5.74) is 10.1. The van der Waals surface area contributed by atoms with E-state index in [0.717, 1.165) is 5.56 Å². The van der Waals surface area contributed by atoms with Gasteiger partial charge in [-0.1, -0.05) is 59.3 Å². The number of nitrogens with two attached hydrogens (primary N) is 1. The van der Waals surface area contributed by atoms with Gasteiger partial charge in [0.05, 0.1) is 12.6 Å². The van der Waals surface area contributed by atoms with E-state index in [2.05, 4.69) is 16.2 Å². The third-order valence-electron chi connectivity index (χ3n) is 4.79. The van der Waals surface area contributed by atoms with Crippen LogP contribution in [-0.2, 0) is 24.3 Å². The maximum atomic E-state index is 11.9. The molecule has 0 radical (unpaired) electrons. The number of aromatic nitrogens is 2. The molecule has 1 amide bonds. The number of amides is 1. The van der Waals surface area contributed by atoms with E-state index < -0.39 is 0 Å². The largest absolute Gasteiger partial charge is 0.368 e. The van der Waals surface area contributed by atoms with Gasteiger partial charge in [-0.25, -0.2) is 0 Å². The van der Waals surface area contributed by atoms with Crippen LogP contribution in [0.1, 0.15) is 22.6 Å². The van der Waals surface area contributed by atoms with Crippen molar-refractivity contribution in [2.45, 2.75) is 32.5 Å². The molecule has 0 saturated heterocycles. The maximum Gasteiger partial charge on any atom is 0.241 e. The van der Waals surface area contributed by atoms with Crippen LogP contribution >= 0.6 is 0 Å². The van der Waals surface area contributed by atoms with E-state index in [-0.39, 0.29) is 11.9 Å². The molecular weight excluding hydrogens is 328 g/mol. The lowest BCUT2D eigenvalue weighted by Crippen LogP contribution is -2.48. The Morgan fingerprint density at radius 2 is 1.92 bits per heavy atom. The lowest BCUT2D eigenvalue weighted by molar-refractivity contribution is -0.124. The molecule has 0 fully saturated rings. The maximum absolute atomic E-state index is 11.9. The van der Waals surface area contributed by atoms with Gasteiger partial charge in [0.15, 0.2) is 0 Å². The summed E-state index contributed by atoms with van der Waals surface area (Å²) >= 11 is 0. The fourth-order valence-corrected chi connectivity index (χ4v) is 3.34.